The maximum absolute atomic E-state index is 13.1. The van der Waals surface area contributed by atoms with Crippen molar-refractivity contribution in [3.8, 4) is 11.3 Å². The summed E-state index contributed by atoms with van der Waals surface area (Å²) >= 11 is 1.68. The van der Waals surface area contributed by atoms with E-state index in [0.29, 0.717) is 18.6 Å². The van der Waals surface area contributed by atoms with Gasteiger partial charge < -0.3 is 4.90 Å². The van der Waals surface area contributed by atoms with E-state index in [0.717, 1.165) is 34.9 Å². The van der Waals surface area contributed by atoms with Crippen molar-refractivity contribution in [2.45, 2.75) is 65.0 Å². The Bertz CT molecular complexity index is 823. The molecule has 0 radical (unpaired) electrons. The van der Waals surface area contributed by atoms with Gasteiger partial charge in [-0.1, -0.05) is 18.9 Å². The highest BCUT2D eigenvalue weighted by Gasteiger charge is 2.30. The van der Waals surface area contributed by atoms with E-state index in [1.807, 2.05) is 11.8 Å². The second-order valence-corrected chi connectivity index (χ2v) is 9.16. The topological polar surface area (TPSA) is 36.4 Å². The maximum Gasteiger partial charge on any atom is 0.241 e. The molecule has 1 amide bonds. The number of fused-ring (bicyclic) bond motifs is 1. The van der Waals surface area contributed by atoms with Gasteiger partial charge in [-0.05, 0) is 57.7 Å². The summed E-state index contributed by atoms with van der Waals surface area (Å²) in [6, 6.07) is 7.42. The van der Waals surface area contributed by atoms with Crippen LogP contribution >= 0.6 is 11.3 Å². The molecule has 4 nitrogen and oxygen atoms in total. The second kappa shape index (κ2) is 7.72. The number of aromatic nitrogens is 1. The summed E-state index contributed by atoms with van der Waals surface area (Å²) in [5.41, 5.74) is 4.55. The van der Waals surface area contributed by atoms with Crippen LogP contribution in [0.2, 0.25) is 0 Å². The van der Waals surface area contributed by atoms with E-state index >= 15 is 0 Å². The molecule has 144 valence electrons. The van der Waals surface area contributed by atoms with E-state index in [2.05, 4.69) is 47.3 Å². The molecule has 1 saturated carbocycles. The Morgan fingerprint density at radius 2 is 2.11 bits per heavy atom. The monoisotopic (exact) mass is 383 g/mol. The third-order valence-corrected chi connectivity index (χ3v) is 6.74. The molecule has 1 aromatic carbocycles. The Morgan fingerprint density at radius 3 is 2.78 bits per heavy atom. The number of thiazole rings is 1. The Hall–Kier alpha value is -1.72. The Balaban J connectivity index is 1.50. The van der Waals surface area contributed by atoms with Crippen LogP contribution in [0.3, 0.4) is 0 Å². The van der Waals surface area contributed by atoms with Crippen molar-refractivity contribution in [2.24, 2.45) is 0 Å². The Kier molecular flexibility index (Phi) is 5.33. The fraction of sp³-hybridized carbons (Fsp3) is 0.545. The van der Waals surface area contributed by atoms with Gasteiger partial charge in [0.15, 0.2) is 0 Å². The van der Waals surface area contributed by atoms with E-state index in [9.17, 15) is 4.79 Å². The number of benzene rings is 1. The first-order chi connectivity index (χ1) is 13.0. The third kappa shape index (κ3) is 3.81. The highest BCUT2D eigenvalue weighted by molar-refractivity contribution is 7.09. The van der Waals surface area contributed by atoms with Gasteiger partial charge in [0.05, 0.1) is 17.2 Å². The van der Waals surface area contributed by atoms with Gasteiger partial charge >= 0.3 is 0 Å². The molecule has 0 bridgehead atoms. The van der Waals surface area contributed by atoms with Crippen LogP contribution in [0, 0.1) is 6.92 Å². The summed E-state index contributed by atoms with van der Waals surface area (Å²) in [4.78, 5) is 22.1. The van der Waals surface area contributed by atoms with Gasteiger partial charge in [-0.2, -0.15) is 0 Å². The van der Waals surface area contributed by atoms with E-state index in [-0.39, 0.29) is 5.91 Å². The lowest BCUT2D eigenvalue weighted by Gasteiger charge is -2.33. The quantitative estimate of drug-likeness (QED) is 0.753. The number of rotatable bonds is 5. The van der Waals surface area contributed by atoms with Crippen molar-refractivity contribution in [2.75, 3.05) is 18.0 Å². The summed E-state index contributed by atoms with van der Waals surface area (Å²) < 4.78 is 0. The lowest BCUT2D eigenvalue weighted by Crippen LogP contribution is -2.46. The lowest BCUT2D eigenvalue weighted by atomic mass is 10.1. The van der Waals surface area contributed by atoms with E-state index in [1.54, 1.807) is 11.3 Å². The molecule has 0 N–H and O–H groups in total. The van der Waals surface area contributed by atoms with Crippen LogP contribution in [0.5, 0.6) is 0 Å². The molecule has 1 fully saturated rings. The zero-order valence-corrected chi connectivity index (χ0v) is 17.4. The third-order valence-electron chi connectivity index (χ3n) is 5.97. The zero-order chi connectivity index (χ0) is 19.0. The molecule has 0 unspecified atom stereocenters. The molecule has 2 aliphatic rings. The number of hydrogen-bond donors (Lipinski definition) is 0. The first-order valence-corrected chi connectivity index (χ1v) is 11.0. The predicted octanol–water partition coefficient (Wildman–Crippen LogP) is 4.66. The van der Waals surface area contributed by atoms with Gasteiger partial charge in [0.25, 0.3) is 0 Å². The van der Waals surface area contributed by atoms with Crippen LogP contribution in [0.4, 0.5) is 5.69 Å². The molecular formula is C22H29N3OS. The molecule has 0 atom stereocenters. The average molecular weight is 384 g/mol. The largest absolute Gasteiger partial charge is 0.311 e. The normalized spacial score (nSPS) is 17.3. The van der Waals surface area contributed by atoms with E-state index < -0.39 is 0 Å². The van der Waals surface area contributed by atoms with Crippen LogP contribution in [-0.4, -0.2) is 41.0 Å². The summed E-state index contributed by atoms with van der Waals surface area (Å²) in [6.07, 6.45) is 6.00. The molecule has 1 aliphatic carbocycles. The molecule has 2 heterocycles. The number of aryl methyl sites for hydroxylation is 1. The maximum atomic E-state index is 13.1. The smallest absolute Gasteiger partial charge is 0.241 e. The summed E-state index contributed by atoms with van der Waals surface area (Å²) in [5.74, 6) is 0.242. The van der Waals surface area contributed by atoms with Crippen LogP contribution in [0.1, 0.15) is 50.1 Å². The SMILES string of the molecule is Cc1nc(-c2ccc3c(c2)CCN3C(=O)CN(C(C)C)C2CCCC2)cs1. The average Bonchev–Trinajstić information content (AvgIpc) is 3.39. The second-order valence-electron chi connectivity index (χ2n) is 8.09. The first-order valence-electron chi connectivity index (χ1n) is 10.1. The van der Waals surface area contributed by atoms with Crippen LogP contribution in [0.25, 0.3) is 11.3 Å². The van der Waals surface area contributed by atoms with Crippen LogP contribution in [-0.2, 0) is 11.2 Å². The Morgan fingerprint density at radius 1 is 1.33 bits per heavy atom. The number of amides is 1. The number of hydrogen-bond acceptors (Lipinski definition) is 4. The van der Waals surface area contributed by atoms with Crippen molar-refractivity contribution in [1.29, 1.82) is 0 Å². The van der Waals surface area contributed by atoms with Gasteiger partial charge in [0.1, 0.15) is 0 Å². The van der Waals surface area contributed by atoms with Gasteiger partial charge in [0.2, 0.25) is 5.91 Å². The summed E-state index contributed by atoms with van der Waals surface area (Å²) in [7, 11) is 0. The zero-order valence-electron chi connectivity index (χ0n) is 16.6. The molecule has 0 saturated heterocycles. The number of nitrogens with zero attached hydrogens (tertiary/aromatic N) is 3. The van der Waals surface area contributed by atoms with Gasteiger partial charge in [0, 0.05) is 35.3 Å². The first kappa shape index (κ1) is 18.6. The molecule has 4 rings (SSSR count). The van der Waals surface area contributed by atoms with Gasteiger partial charge in [-0.15, -0.1) is 11.3 Å². The minimum atomic E-state index is 0.242. The Labute approximate surface area is 166 Å². The molecule has 1 aromatic heterocycles. The van der Waals surface area contributed by atoms with Crippen molar-refractivity contribution in [3.05, 3.63) is 34.2 Å². The van der Waals surface area contributed by atoms with Crippen molar-refractivity contribution >= 4 is 22.9 Å². The summed E-state index contributed by atoms with van der Waals surface area (Å²) in [5, 5.41) is 3.19. The van der Waals surface area contributed by atoms with Crippen molar-refractivity contribution in [3.63, 3.8) is 0 Å². The minimum absolute atomic E-state index is 0.242. The molecule has 0 spiro atoms. The van der Waals surface area contributed by atoms with Crippen LogP contribution in [0.15, 0.2) is 23.6 Å². The number of anilines is 1. The number of carbonyl (C=O) groups is 1. The fourth-order valence-electron chi connectivity index (χ4n) is 4.53. The predicted molar refractivity (Wildman–Crippen MR) is 112 cm³/mol. The van der Waals surface area contributed by atoms with Crippen LogP contribution < -0.4 is 4.90 Å². The standard InChI is InChI=1S/C22H29N3OS/c1-15(2)25(19-6-4-5-7-19)13-22(26)24-11-10-18-12-17(8-9-21(18)24)20-14-27-16(3)23-20/h8-9,12,14-15,19H,4-7,10-11,13H2,1-3H3. The fourth-order valence-corrected chi connectivity index (χ4v) is 5.15. The van der Waals surface area contributed by atoms with Gasteiger partial charge in [-0.25, -0.2) is 4.98 Å². The van der Waals surface area contributed by atoms with E-state index in [4.69, 9.17) is 0 Å². The molecule has 27 heavy (non-hydrogen) atoms. The molecular weight excluding hydrogens is 354 g/mol. The number of carbonyl (C=O) groups excluding carboxylic acids is 1. The van der Waals surface area contributed by atoms with E-state index in [1.165, 1.54) is 31.2 Å². The highest BCUT2D eigenvalue weighted by atomic mass is 32.1. The summed E-state index contributed by atoms with van der Waals surface area (Å²) in [6.45, 7) is 7.79. The molecule has 1 aliphatic heterocycles. The molecule has 5 heteroatoms. The van der Waals surface area contributed by atoms with Gasteiger partial charge in [-0.3, -0.25) is 9.69 Å². The lowest BCUT2D eigenvalue weighted by molar-refractivity contribution is -0.120. The molecule has 2 aromatic rings. The van der Waals surface area contributed by atoms with Crippen molar-refractivity contribution in [1.82, 2.24) is 9.88 Å². The highest BCUT2D eigenvalue weighted by Crippen LogP contribution is 2.33. The van der Waals surface area contributed by atoms with Crippen molar-refractivity contribution < 1.29 is 4.79 Å². The minimum Gasteiger partial charge on any atom is -0.311 e.